The third kappa shape index (κ3) is 4.03. The fourth-order valence-electron chi connectivity index (χ4n) is 2.65. The van der Waals surface area contributed by atoms with E-state index in [-0.39, 0.29) is 5.91 Å². The molecule has 0 radical (unpaired) electrons. The van der Waals surface area contributed by atoms with Crippen molar-refractivity contribution < 1.29 is 4.79 Å². The summed E-state index contributed by atoms with van der Waals surface area (Å²) in [7, 11) is 0. The molecular formula is C20H11BrClIN2OS. The molecule has 1 amide bonds. The maximum absolute atomic E-state index is 12.8. The van der Waals surface area contributed by atoms with E-state index in [2.05, 4.69) is 43.8 Å². The molecule has 4 rings (SSSR count). The fourth-order valence-corrected chi connectivity index (χ4v) is 4.70. The topological polar surface area (TPSA) is 42.0 Å². The van der Waals surface area contributed by atoms with Crippen LogP contribution in [0.15, 0.2) is 65.1 Å². The molecule has 0 bridgehead atoms. The van der Waals surface area contributed by atoms with E-state index < -0.39 is 0 Å². The Labute approximate surface area is 187 Å². The van der Waals surface area contributed by atoms with Gasteiger partial charge >= 0.3 is 0 Å². The summed E-state index contributed by atoms with van der Waals surface area (Å²) in [5.74, 6) is -0.259. The molecular weight excluding hydrogens is 559 g/mol. The summed E-state index contributed by atoms with van der Waals surface area (Å²) < 4.78 is 2.98. The van der Waals surface area contributed by atoms with Gasteiger partial charge in [0.25, 0.3) is 5.91 Å². The molecule has 7 heteroatoms. The van der Waals surface area contributed by atoms with E-state index in [9.17, 15) is 4.79 Å². The van der Waals surface area contributed by atoms with Crippen LogP contribution in [0.4, 0.5) is 5.69 Å². The van der Waals surface area contributed by atoms with Gasteiger partial charge in [-0.15, -0.1) is 11.3 Å². The predicted molar refractivity (Wildman–Crippen MR) is 125 cm³/mol. The number of fused-ring (bicyclic) bond motifs is 1. The number of carbonyl (C=O) groups is 1. The molecule has 134 valence electrons. The molecule has 0 saturated carbocycles. The monoisotopic (exact) mass is 568 g/mol. The van der Waals surface area contributed by atoms with Gasteiger partial charge in [-0.1, -0.05) is 39.7 Å². The number of rotatable bonds is 3. The van der Waals surface area contributed by atoms with Gasteiger partial charge in [0.05, 0.1) is 26.5 Å². The van der Waals surface area contributed by atoms with Gasteiger partial charge in [-0.3, -0.25) is 4.79 Å². The Bertz CT molecular complexity index is 1140. The van der Waals surface area contributed by atoms with Crippen LogP contribution in [-0.4, -0.2) is 10.9 Å². The van der Waals surface area contributed by atoms with Crippen LogP contribution in [0.3, 0.4) is 0 Å². The van der Waals surface area contributed by atoms with Crippen LogP contribution in [-0.2, 0) is 0 Å². The number of para-hydroxylation sites is 1. The van der Waals surface area contributed by atoms with Gasteiger partial charge in [0.15, 0.2) is 0 Å². The maximum Gasteiger partial charge on any atom is 0.257 e. The molecule has 1 aromatic heterocycles. The number of benzene rings is 3. The molecule has 0 aliphatic heterocycles. The van der Waals surface area contributed by atoms with Gasteiger partial charge in [-0.05, 0) is 71.1 Å². The van der Waals surface area contributed by atoms with E-state index in [0.29, 0.717) is 16.3 Å². The Hall–Kier alpha value is -1.48. The van der Waals surface area contributed by atoms with Gasteiger partial charge < -0.3 is 5.32 Å². The van der Waals surface area contributed by atoms with E-state index in [1.165, 1.54) is 0 Å². The first-order chi connectivity index (χ1) is 13.0. The highest BCUT2D eigenvalue weighted by Crippen LogP contribution is 2.36. The Kier molecular flexibility index (Phi) is 5.50. The van der Waals surface area contributed by atoms with Crippen LogP contribution in [0.2, 0.25) is 5.02 Å². The second-order valence-electron chi connectivity index (χ2n) is 5.75. The normalized spacial score (nSPS) is 10.9. The first kappa shape index (κ1) is 18.9. The lowest BCUT2D eigenvalue weighted by atomic mass is 10.1. The second kappa shape index (κ2) is 7.87. The average molecular weight is 570 g/mol. The molecule has 3 aromatic carbocycles. The van der Waals surface area contributed by atoms with Crippen molar-refractivity contribution in [2.24, 2.45) is 0 Å². The van der Waals surface area contributed by atoms with Crippen molar-refractivity contribution in [1.82, 2.24) is 4.98 Å². The minimum atomic E-state index is -0.259. The molecule has 0 atom stereocenters. The molecule has 0 spiro atoms. The lowest BCUT2D eigenvalue weighted by Gasteiger charge is -2.11. The third-order valence-electron chi connectivity index (χ3n) is 3.93. The smallest absolute Gasteiger partial charge is 0.257 e. The molecule has 4 aromatic rings. The lowest BCUT2D eigenvalue weighted by Crippen LogP contribution is -2.13. The van der Waals surface area contributed by atoms with Gasteiger partial charge in [-0.2, -0.15) is 0 Å². The van der Waals surface area contributed by atoms with Crippen molar-refractivity contribution in [1.29, 1.82) is 0 Å². The number of anilines is 1. The molecule has 3 nitrogen and oxygen atoms in total. The van der Waals surface area contributed by atoms with Crippen LogP contribution in [0.5, 0.6) is 0 Å². The molecule has 0 saturated heterocycles. The zero-order valence-corrected chi connectivity index (χ0v) is 19.0. The number of thiazole rings is 1. The number of carbonyl (C=O) groups excluding carboxylic acids is 1. The van der Waals surface area contributed by atoms with Crippen LogP contribution in [0, 0.1) is 3.57 Å². The minimum Gasteiger partial charge on any atom is -0.321 e. The number of nitrogens with zero attached hydrogens (tertiary/aromatic N) is 1. The van der Waals surface area contributed by atoms with Crippen LogP contribution in [0.1, 0.15) is 10.4 Å². The second-order valence-corrected chi connectivity index (χ2v) is 9.35. The van der Waals surface area contributed by atoms with Gasteiger partial charge in [0.1, 0.15) is 5.01 Å². The zero-order valence-electron chi connectivity index (χ0n) is 13.7. The molecule has 1 N–H and O–H groups in total. The van der Waals surface area contributed by atoms with Crippen LogP contribution < -0.4 is 5.32 Å². The lowest BCUT2D eigenvalue weighted by molar-refractivity contribution is 0.102. The highest BCUT2D eigenvalue weighted by atomic mass is 127. The first-order valence-electron chi connectivity index (χ1n) is 7.93. The zero-order chi connectivity index (χ0) is 19.0. The summed E-state index contributed by atoms with van der Waals surface area (Å²) >= 11 is 13.4. The Morgan fingerprint density at radius 1 is 1.11 bits per heavy atom. The summed E-state index contributed by atoms with van der Waals surface area (Å²) in [6, 6.07) is 19.1. The number of nitrogens with one attached hydrogen (secondary N) is 1. The van der Waals surface area contributed by atoms with Gasteiger partial charge in [-0.25, -0.2) is 4.98 Å². The van der Waals surface area contributed by atoms with E-state index in [1.807, 2.05) is 42.5 Å². The number of hydrogen-bond donors (Lipinski definition) is 1. The van der Waals surface area contributed by atoms with Crippen molar-refractivity contribution in [3.05, 3.63) is 79.3 Å². The molecule has 0 fully saturated rings. The SMILES string of the molecule is O=C(Nc1ccc(I)cc1-c1nc2ccccc2s1)c1cc(Br)ccc1Cl. The number of halogens is 3. The number of amides is 1. The summed E-state index contributed by atoms with van der Waals surface area (Å²) in [4.78, 5) is 17.5. The summed E-state index contributed by atoms with van der Waals surface area (Å²) in [6.45, 7) is 0. The van der Waals surface area contributed by atoms with Crippen LogP contribution >= 0.6 is 61.5 Å². The van der Waals surface area contributed by atoms with Gasteiger partial charge in [0, 0.05) is 13.6 Å². The number of aromatic nitrogens is 1. The summed E-state index contributed by atoms with van der Waals surface area (Å²) in [5, 5.41) is 4.26. The van der Waals surface area contributed by atoms with Crippen molar-refractivity contribution in [2.75, 3.05) is 5.32 Å². The molecule has 0 aliphatic rings. The third-order valence-corrected chi connectivity index (χ3v) is 6.49. The fraction of sp³-hybridized carbons (Fsp3) is 0. The van der Waals surface area contributed by atoms with Crippen molar-refractivity contribution in [3.63, 3.8) is 0 Å². The standard InChI is InChI=1S/C20H11BrClIN2OS/c21-11-5-7-15(22)13(9-11)19(26)24-16-8-6-12(23)10-14(16)20-25-17-3-1-2-4-18(17)27-20/h1-10H,(H,24,26). The van der Waals surface area contributed by atoms with Crippen molar-refractivity contribution in [3.8, 4) is 10.6 Å². The van der Waals surface area contributed by atoms with E-state index in [1.54, 1.807) is 29.5 Å². The number of hydrogen-bond acceptors (Lipinski definition) is 3. The largest absolute Gasteiger partial charge is 0.321 e. The van der Waals surface area contributed by atoms with E-state index >= 15 is 0 Å². The summed E-state index contributed by atoms with van der Waals surface area (Å²) in [5.41, 5.74) is 2.96. The molecule has 0 unspecified atom stereocenters. The Morgan fingerprint density at radius 2 is 1.93 bits per heavy atom. The van der Waals surface area contributed by atoms with Crippen LogP contribution in [0.25, 0.3) is 20.8 Å². The maximum atomic E-state index is 12.8. The van der Waals surface area contributed by atoms with Crippen molar-refractivity contribution in [2.45, 2.75) is 0 Å². The highest BCUT2D eigenvalue weighted by Gasteiger charge is 2.16. The molecule has 1 heterocycles. The predicted octanol–water partition coefficient (Wildman–Crippen LogP) is 7.24. The molecule has 0 aliphatic carbocycles. The Morgan fingerprint density at radius 3 is 2.74 bits per heavy atom. The van der Waals surface area contributed by atoms with E-state index in [4.69, 9.17) is 16.6 Å². The van der Waals surface area contributed by atoms with E-state index in [0.717, 1.165) is 28.8 Å². The molecule has 27 heavy (non-hydrogen) atoms. The van der Waals surface area contributed by atoms with Gasteiger partial charge in [0.2, 0.25) is 0 Å². The minimum absolute atomic E-state index is 0.259. The first-order valence-corrected chi connectivity index (χ1v) is 11.0. The average Bonchev–Trinajstić information content (AvgIpc) is 3.09. The highest BCUT2D eigenvalue weighted by molar-refractivity contribution is 14.1. The van der Waals surface area contributed by atoms with Crippen molar-refractivity contribution >= 4 is 83.3 Å². The summed E-state index contributed by atoms with van der Waals surface area (Å²) in [6.07, 6.45) is 0. The quantitative estimate of drug-likeness (QED) is 0.265. The Balaban J connectivity index is 1.75.